The van der Waals surface area contributed by atoms with Crippen LogP contribution in [0.15, 0.2) is 0 Å². The molecule has 1 rings (SSSR count). The second kappa shape index (κ2) is 2.34. The van der Waals surface area contributed by atoms with E-state index in [9.17, 15) is 4.79 Å². The van der Waals surface area contributed by atoms with Crippen LogP contribution in [0, 0.1) is 0 Å². The van der Waals surface area contributed by atoms with Crippen molar-refractivity contribution in [2.24, 2.45) is 0 Å². The summed E-state index contributed by atoms with van der Waals surface area (Å²) in [5.41, 5.74) is 0. The van der Waals surface area contributed by atoms with Gasteiger partial charge < -0.3 is 0 Å². The number of hydrogen-bond donors (Lipinski definition) is 1. The molecule has 1 heterocycles. The molecule has 0 unspecified atom stereocenters. The van der Waals surface area contributed by atoms with E-state index < -0.39 is 13.7 Å². The maximum absolute atomic E-state index is 10.4. The fourth-order valence-electron chi connectivity index (χ4n) is 0.457. The van der Waals surface area contributed by atoms with E-state index in [2.05, 4.69) is 23.1 Å². The van der Waals surface area contributed by atoms with Gasteiger partial charge in [-0.25, -0.2) is 0 Å². The number of carbonyl (C=O) groups is 1. The van der Waals surface area contributed by atoms with E-state index in [1.807, 2.05) is 0 Å². The minimum atomic E-state index is -4.27. The Hall–Kier alpha value is -0.300. The summed E-state index contributed by atoms with van der Waals surface area (Å²) >= 11 is 0. The SMILES string of the molecule is COP1(OO)(OC(C)=O)OO1. The Morgan fingerprint density at radius 3 is 2.18 bits per heavy atom. The van der Waals surface area contributed by atoms with Crippen LogP contribution in [-0.4, -0.2) is 18.3 Å². The molecule has 1 aliphatic heterocycles. The first kappa shape index (κ1) is 8.79. The summed E-state index contributed by atoms with van der Waals surface area (Å²) in [5, 5.41) is 8.26. The monoisotopic (exact) mass is 186 g/mol. The van der Waals surface area contributed by atoms with Gasteiger partial charge in [0.1, 0.15) is 0 Å². The van der Waals surface area contributed by atoms with Crippen LogP contribution < -0.4 is 0 Å². The molecular weight excluding hydrogens is 179 g/mol. The van der Waals surface area contributed by atoms with E-state index in [4.69, 9.17) is 5.26 Å². The van der Waals surface area contributed by atoms with Crippen LogP contribution in [0.2, 0.25) is 0 Å². The minimum absolute atomic E-state index is 0.740. The summed E-state index contributed by atoms with van der Waals surface area (Å²) in [6.07, 6.45) is 0. The van der Waals surface area contributed by atoms with Gasteiger partial charge in [0.15, 0.2) is 0 Å². The van der Waals surface area contributed by atoms with E-state index in [0.29, 0.717) is 0 Å². The van der Waals surface area contributed by atoms with Gasteiger partial charge in [0.2, 0.25) is 0 Å². The number of carbonyl (C=O) groups excluding carboxylic acids is 1. The van der Waals surface area contributed by atoms with Gasteiger partial charge in [-0.05, 0) is 0 Å². The Labute approximate surface area is 61.9 Å². The zero-order valence-electron chi connectivity index (χ0n) is 5.84. The molecule has 1 fully saturated rings. The molecular formula is C3H7O7P. The van der Waals surface area contributed by atoms with Crippen LogP contribution in [0.5, 0.6) is 0 Å². The van der Waals surface area contributed by atoms with Gasteiger partial charge in [0.05, 0.1) is 0 Å². The summed E-state index contributed by atoms with van der Waals surface area (Å²) in [6, 6.07) is 0. The Kier molecular flexibility index (Phi) is 1.87. The van der Waals surface area contributed by atoms with Gasteiger partial charge in [-0.15, -0.1) is 0 Å². The third kappa shape index (κ3) is 1.34. The van der Waals surface area contributed by atoms with E-state index >= 15 is 0 Å². The molecule has 0 aromatic rings. The second-order valence-corrected chi connectivity index (χ2v) is 4.24. The summed E-state index contributed by atoms with van der Waals surface area (Å²) < 4.78 is 20.9. The molecule has 66 valence electrons. The molecule has 0 aromatic carbocycles. The Bertz CT molecular complexity index is 178. The van der Waals surface area contributed by atoms with Crippen molar-refractivity contribution in [1.29, 1.82) is 0 Å². The summed E-state index contributed by atoms with van der Waals surface area (Å²) in [5.74, 6) is -0.740. The van der Waals surface area contributed by atoms with Gasteiger partial charge >= 0.3 is 60.9 Å². The quantitative estimate of drug-likeness (QED) is 0.301. The summed E-state index contributed by atoms with van der Waals surface area (Å²) in [4.78, 5) is 10.4. The zero-order valence-corrected chi connectivity index (χ0v) is 6.74. The first-order valence-corrected chi connectivity index (χ1v) is 4.40. The number of rotatable bonds is 3. The van der Waals surface area contributed by atoms with Gasteiger partial charge in [0, 0.05) is 0 Å². The average Bonchev–Trinajstić information content (AvgIpc) is 2.67. The van der Waals surface area contributed by atoms with Crippen LogP contribution >= 0.6 is 7.74 Å². The van der Waals surface area contributed by atoms with Crippen LogP contribution in [0.25, 0.3) is 0 Å². The van der Waals surface area contributed by atoms with Gasteiger partial charge in [-0.2, -0.15) is 0 Å². The van der Waals surface area contributed by atoms with Crippen LogP contribution in [0.1, 0.15) is 6.92 Å². The van der Waals surface area contributed by atoms with Crippen molar-refractivity contribution in [1.82, 2.24) is 0 Å². The van der Waals surface area contributed by atoms with Crippen molar-refractivity contribution in [2.45, 2.75) is 6.92 Å². The third-order valence-electron chi connectivity index (χ3n) is 0.966. The molecule has 0 spiro atoms. The van der Waals surface area contributed by atoms with Gasteiger partial charge in [-0.1, -0.05) is 0 Å². The molecule has 0 atom stereocenters. The molecule has 0 aliphatic carbocycles. The van der Waals surface area contributed by atoms with Crippen LogP contribution in [0.3, 0.4) is 0 Å². The van der Waals surface area contributed by atoms with E-state index in [0.717, 1.165) is 14.0 Å². The molecule has 0 aromatic heterocycles. The molecule has 1 saturated heterocycles. The molecule has 11 heavy (non-hydrogen) atoms. The predicted molar refractivity (Wildman–Crippen MR) is 31.6 cm³/mol. The van der Waals surface area contributed by atoms with Crippen LogP contribution in [0.4, 0.5) is 0 Å². The normalized spacial score (nSPS) is 28.1. The topological polar surface area (TPSA) is 90.1 Å². The molecule has 0 radical (unpaired) electrons. The molecule has 1 aliphatic rings. The molecule has 8 heteroatoms. The zero-order chi connectivity index (χ0) is 8.56. The Balaban J connectivity index is 2.68. The van der Waals surface area contributed by atoms with E-state index in [-0.39, 0.29) is 0 Å². The van der Waals surface area contributed by atoms with Crippen molar-refractivity contribution < 1.29 is 33.1 Å². The van der Waals surface area contributed by atoms with Crippen molar-refractivity contribution in [3.05, 3.63) is 0 Å². The Morgan fingerprint density at radius 2 is 2.09 bits per heavy atom. The molecule has 1 N–H and O–H groups in total. The standard InChI is InChI=1S/C3H7O7P/c1-3(4)7-11(6-2,8-5)9-10-11/h5H,1-2H3. The predicted octanol–water partition coefficient (Wildman–Crippen LogP) is 0.776. The average molecular weight is 186 g/mol. The van der Waals surface area contributed by atoms with Gasteiger partial charge in [-0.3, -0.25) is 0 Å². The van der Waals surface area contributed by atoms with Crippen molar-refractivity contribution in [3.63, 3.8) is 0 Å². The molecule has 0 amide bonds. The summed E-state index contributed by atoms with van der Waals surface area (Å²) in [7, 11) is -3.15. The number of hydrogen-bond acceptors (Lipinski definition) is 7. The van der Waals surface area contributed by atoms with Crippen LogP contribution in [-0.2, 0) is 27.9 Å². The second-order valence-electron chi connectivity index (χ2n) is 1.74. The van der Waals surface area contributed by atoms with Crippen molar-refractivity contribution >= 4 is 13.7 Å². The molecule has 0 saturated carbocycles. The first-order chi connectivity index (χ1) is 5.06. The van der Waals surface area contributed by atoms with Gasteiger partial charge in [0.25, 0.3) is 0 Å². The maximum atomic E-state index is 10.4. The van der Waals surface area contributed by atoms with E-state index in [1.165, 1.54) is 0 Å². The summed E-state index contributed by atoms with van der Waals surface area (Å²) in [6.45, 7) is 1.09. The Morgan fingerprint density at radius 1 is 1.55 bits per heavy atom. The van der Waals surface area contributed by atoms with Crippen molar-refractivity contribution in [2.75, 3.05) is 7.11 Å². The molecule has 0 bridgehead atoms. The third-order valence-corrected chi connectivity index (χ3v) is 2.90. The molecule has 7 nitrogen and oxygen atoms in total. The fourth-order valence-corrected chi connectivity index (χ4v) is 1.61. The van der Waals surface area contributed by atoms with E-state index in [1.54, 1.807) is 0 Å². The fraction of sp³-hybridized carbons (Fsp3) is 0.667. The first-order valence-electron chi connectivity index (χ1n) is 2.58. The van der Waals surface area contributed by atoms with Crippen molar-refractivity contribution in [3.8, 4) is 0 Å².